The number of rotatable bonds is 9. The molecule has 0 aliphatic carbocycles. The first-order valence-electron chi connectivity index (χ1n) is 9.03. The predicted octanol–water partition coefficient (Wildman–Crippen LogP) is 3.04. The fraction of sp³-hybridized carbons (Fsp3) is 0.455. The smallest absolute Gasteiger partial charge is 0.251 e. The van der Waals surface area contributed by atoms with Crippen LogP contribution in [0.5, 0.6) is 5.75 Å². The molecule has 0 aromatic heterocycles. The van der Waals surface area contributed by atoms with Gasteiger partial charge in [0, 0.05) is 5.56 Å². The highest BCUT2D eigenvalue weighted by Gasteiger charge is 2.32. The third-order valence-electron chi connectivity index (χ3n) is 3.70. The maximum atomic E-state index is 12.5. The zero-order valence-electron chi connectivity index (χ0n) is 17.5. The van der Waals surface area contributed by atoms with E-state index >= 15 is 0 Å². The Labute approximate surface area is 167 Å². The quantitative estimate of drug-likeness (QED) is 0.388. The van der Waals surface area contributed by atoms with Crippen LogP contribution in [0, 0.1) is 11.8 Å². The van der Waals surface area contributed by atoms with Crippen molar-refractivity contribution in [2.75, 3.05) is 6.61 Å². The standard InChI is InChI=1S/C22H30N2O4/c1-8-9-14-27-18-12-10-17(11-13-18)20(26)23-19(15-25)22(6,7)24-16(2)28-21(3,4)5/h10-13,15,19,24H,2,14H2,1,3-7H3,(H,23,26). The molecule has 0 heterocycles. The van der Waals surface area contributed by atoms with E-state index in [-0.39, 0.29) is 12.5 Å². The molecule has 0 saturated carbocycles. The zero-order valence-corrected chi connectivity index (χ0v) is 17.5. The van der Waals surface area contributed by atoms with Crippen molar-refractivity contribution in [1.29, 1.82) is 0 Å². The molecule has 1 unspecified atom stereocenters. The molecule has 1 amide bonds. The summed E-state index contributed by atoms with van der Waals surface area (Å²) in [4.78, 5) is 24.2. The molecular weight excluding hydrogens is 356 g/mol. The molecular formula is C22H30N2O4. The highest BCUT2D eigenvalue weighted by Crippen LogP contribution is 2.17. The molecule has 6 heteroatoms. The van der Waals surface area contributed by atoms with Crippen LogP contribution in [-0.2, 0) is 9.53 Å². The van der Waals surface area contributed by atoms with Crippen molar-refractivity contribution in [3.8, 4) is 17.6 Å². The van der Waals surface area contributed by atoms with Gasteiger partial charge in [0.25, 0.3) is 5.91 Å². The highest BCUT2D eigenvalue weighted by atomic mass is 16.5. The molecule has 1 aromatic rings. The number of nitrogens with one attached hydrogen (secondary N) is 2. The SMILES string of the molecule is C=C(NC(C)(C)C(C=O)NC(=O)c1ccc(OCC#CC)cc1)OC(C)(C)C. The predicted molar refractivity (Wildman–Crippen MR) is 110 cm³/mol. The molecule has 152 valence electrons. The summed E-state index contributed by atoms with van der Waals surface area (Å²) < 4.78 is 11.1. The molecule has 0 bridgehead atoms. The van der Waals surface area contributed by atoms with Gasteiger partial charge in [-0.15, -0.1) is 5.92 Å². The van der Waals surface area contributed by atoms with Crippen molar-refractivity contribution < 1.29 is 19.1 Å². The maximum Gasteiger partial charge on any atom is 0.251 e. The Morgan fingerprint density at radius 1 is 1.21 bits per heavy atom. The average Bonchev–Trinajstić information content (AvgIpc) is 2.57. The van der Waals surface area contributed by atoms with E-state index in [4.69, 9.17) is 9.47 Å². The zero-order chi connectivity index (χ0) is 21.4. The summed E-state index contributed by atoms with van der Waals surface area (Å²) in [6.07, 6.45) is 0.691. The van der Waals surface area contributed by atoms with Crippen molar-refractivity contribution in [1.82, 2.24) is 10.6 Å². The van der Waals surface area contributed by atoms with Crippen molar-refractivity contribution in [2.45, 2.75) is 58.7 Å². The monoisotopic (exact) mass is 386 g/mol. The van der Waals surface area contributed by atoms with E-state index in [0.29, 0.717) is 23.5 Å². The number of carbonyl (C=O) groups is 2. The van der Waals surface area contributed by atoms with E-state index in [1.54, 1.807) is 45.0 Å². The summed E-state index contributed by atoms with van der Waals surface area (Å²) in [5.74, 6) is 6.12. The van der Waals surface area contributed by atoms with Crippen LogP contribution in [0.2, 0.25) is 0 Å². The lowest BCUT2D eigenvalue weighted by Crippen LogP contribution is -2.58. The van der Waals surface area contributed by atoms with Crippen molar-refractivity contribution >= 4 is 12.2 Å². The molecule has 1 aromatic carbocycles. The Balaban J connectivity index is 2.76. The molecule has 0 radical (unpaired) electrons. The summed E-state index contributed by atoms with van der Waals surface area (Å²) in [5, 5.41) is 5.80. The molecule has 0 spiro atoms. The normalized spacial score (nSPS) is 12.1. The van der Waals surface area contributed by atoms with Gasteiger partial charge in [-0.05, 0) is 72.4 Å². The van der Waals surface area contributed by atoms with Crippen LogP contribution in [-0.4, -0.2) is 36.0 Å². The number of hydrogen-bond donors (Lipinski definition) is 2. The van der Waals surface area contributed by atoms with Gasteiger partial charge < -0.3 is 24.9 Å². The van der Waals surface area contributed by atoms with E-state index in [1.165, 1.54) is 0 Å². The van der Waals surface area contributed by atoms with Crippen LogP contribution in [0.25, 0.3) is 0 Å². The fourth-order valence-corrected chi connectivity index (χ4v) is 2.34. The van der Waals surface area contributed by atoms with Gasteiger partial charge >= 0.3 is 0 Å². The van der Waals surface area contributed by atoms with Crippen LogP contribution < -0.4 is 15.4 Å². The van der Waals surface area contributed by atoms with Crippen LogP contribution in [0.1, 0.15) is 51.9 Å². The van der Waals surface area contributed by atoms with Crippen LogP contribution in [0.3, 0.4) is 0 Å². The Bertz CT molecular complexity index is 749. The Kier molecular flexibility index (Phi) is 8.12. The minimum absolute atomic E-state index is 0.287. The molecule has 0 aliphatic rings. The van der Waals surface area contributed by atoms with E-state index in [9.17, 15) is 9.59 Å². The van der Waals surface area contributed by atoms with Gasteiger partial charge in [0.15, 0.2) is 5.88 Å². The second-order valence-electron chi connectivity index (χ2n) is 7.81. The molecule has 1 rings (SSSR count). The third-order valence-corrected chi connectivity index (χ3v) is 3.70. The molecule has 6 nitrogen and oxygen atoms in total. The maximum absolute atomic E-state index is 12.5. The third kappa shape index (κ3) is 7.75. The Morgan fingerprint density at radius 2 is 1.82 bits per heavy atom. The lowest BCUT2D eigenvalue weighted by molar-refractivity contribution is -0.110. The topological polar surface area (TPSA) is 76.7 Å². The van der Waals surface area contributed by atoms with Gasteiger partial charge in [0.2, 0.25) is 0 Å². The van der Waals surface area contributed by atoms with Gasteiger partial charge in [0.05, 0.1) is 5.54 Å². The molecule has 1 atom stereocenters. The molecule has 28 heavy (non-hydrogen) atoms. The van der Waals surface area contributed by atoms with E-state index in [1.807, 2.05) is 20.8 Å². The van der Waals surface area contributed by atoms with Crippen LogP contribution in [0.15, 0.2) is 36.7 Å². The number of hydrogen-bond acceptors (Lipinski definition) is 5. The second-order valence-corrected chi connectivity index (χ2v) is 7.81. The Morgan fingerprint density at radius 3 is 2.32 bits per heavy atom. The fourth-order valence-electron chi connectivity index (χ4n) is 2.34. The number of aldehydes is 1. The van der Waals surface area contributed by atoms with E-state index in [2.05, 4.69) is 29.1 Å². The number of ether oxygens (including phenoxy) is 2. The van der Waals surface area contributed by atoms with Crippen molar-refractivity contribution in [2.24, 2.45) is 0 Å². The van der Waals surface area contributed by atoms with Gasteiger partial charge in [-0.1, -0.05) is 5.92 Å². The Hall–Kier alpha value is -2.94. The van der Waals surface area contributed by atoms with Crippen LogP contribution in [0.4, 0.5) is 0 Å². The summed E-state index contributed by atoms with van der Waals surface area (Å²) in [5.41, 5.74) is -0.810. The first-order chi connectivity index (χ1) is 13.0. The first kappa shape index (κ1) is 23.1. The molecule has 0 aliphatic heterocycles. The van der Waals surface area contributed by atoms with Crippen molar-refractivity contribution in [3.63, 3.8) is 0 Å². The molecule has 0 fully saturated rings. The van der Waals surface area contributed by atoms with Gasteiger partial charge in [-0.3, -0.25) is 4.79 Å². The number of carbonyl (C=O) groups excluding carboxylic acids is 2. The number of benzene rings is 1. The summed E-state index contributed by atoms with van der Waals surface area (Å²) >= 11 is 0. The van der Waals surface area contributed by atoms with E-state index in [0.717, 1.165) is 0 Å². The van der Waals surface area contributed by atoms with Gasteiger partial charge in [0.1, 0.15) is 30.3 Å². The van der Waals surface area contributed by atoms with Crippen molar-refractivity contribution in [3.05, 3.63) is 42.3 Å². The molecule has 0 saturated heterocycles. The van der Waals surface area contributed by atoms with Gasteiger partial charge in [-0.25, -0.2) is 0 Å². The lowest BCUT2D eigenvalue weighted by atomic mass is 9.95. The summed E-state index contributed by atoms with van der Waals surface area (Å²) in [6, 6.07) is 5.84. The minimum Gasteiger partial charge on any atom is -0.481 e. The lowest BCUT2D eigenvalue weighted by Gasteiger charge is -2.35. The first-order valence-corrected chi connectivity index (χ1v) is 9.03. The highest BCUT2D eigenvalue weighted by molar-refractivity contribution is 5.96. The largest absolute Gasteiger partial charge is 0.481 e. The summed E-state index contributed by atoms with van der Waals surface area (Å²) in [7, 11) is 0. The molecule has 2 N–H and O–H groups in total. The summed E-state index contributed by atoms with van der Waals surface area (Å²) in [6.45, 7) is 15.1. The number of amides is 1. The van der Waals surface area contributed by atoms with Crippen LogP contribution >= 0.6 is 0 Å². The second kappa shape index (κ2) is 9.84. The average molecular weight is 386 g/mol. The minimum atomic E-state index is -0.804. The van der Waals surface area contributed by atoms with E-state index < -0.39 is 17.2 Å². The van der Waals surface area contributed by atoms with Gasteiger partial charge in [-0.2, -0.15) is 0 Å².